The Hall–Kier alpha value is -2.79. The zero-order valence-electron chi connectivity index (χ0n) is 11.4. The quantitative estimate of drug-likeness (QED) is 0.558. The van der Waals surface area contributed by atoms with Crippen molar-refractivity contribution < 1.29 is 10.0 Å². The van der Waals surface area contributed by atoms with Crippen molar-refractivity contribution in [3.63, 3.8) is 0 Å². The minimum Gasteiger partial charge on any atom is -0.288 e. The van der Waals surface area contributed by atoms with Crippen LogP contribution in [0.5, 0.6) is 0 Å². The van der Waals surface area contributed by atoms with Crippen LogP contribution in [0.2, 0.25) is 0 Å². The van der Waals surface area contributed by atoms with Crippen LogP contribution in [0.4, 0.5) is 0 Å². The molecule has 2 aromatic heterocycles. The second-order valence-corrected chi connectivity index (χ2v) is 4.71. The van der Waals surface area contributed by atoms with Crippen molar-refractivity contribution in [2.24, 2.45) is 0 Å². The third-order valence-corrected chi connectivity index (χ3v) is 3.37. The van der Waals surface area contributed by atoms with Gasteiger partial charge < -0.3 is 0 Å². The summed E-state index contributed by atoms with van der Waals surface area (Å²) < 4.78 is 0. The summed E-state index contributed by atoms with van der Waals surface area (Å²) in [5, 5.41) is 9.59. The number of nitrogens with zero attached hydrogens (tertiary/aromatic N) is 2. The molecule has 21 heavy (non-hydrogen) atoms. The van der Waals surface area contributed by atoms with Gasteiger partial charge in [0, 0.05) is 17.8 Å². The van der Waals surface area contributed by atoms with Crippen molar-refractivity contribution in [1.29, 1.82) is 0 Å². The Bertz CT molecular complexity index is 816. The molecule has 0 fully saturated rings. The molecule has 2 N–H and O–H groups in total. The number of carbonyl (C=O) groups is 1. The lowest BCUT2D eigenvalue weighted by Gasteiger charge is -2.07. The Morgan fingerprint density at radius 2 is 1.86 bits per heavy atom. The third-order valence-electron chi connectivity index (χ3n) is 3.37. The van der Waals surface area contributed by atoms with Gasteiger partial charge in [-0.1, -0.05) is 12.1 Å². The van der Waals surface area contributed by atoms with E-state index in [1.54, 1.807) is 30.9 Å². The standard InChI is InChI=1S/C16H13N3O2/c1-10-14(16(20)19-21)8-13-3-2-12(9-15(13)18-10)11-4-6-17-7-5-11/h2-9,21H,1H3,(H,19,20). The Kier molecular flexibility index (Phi) is 3.33. The van der Waals surface area contributed by atoms with Crippen molar-refractivity contribution in [3.05, 3.63) is 60.0 Å². The van der Waals surface area contributed by atoms with Crippen LogP contribution in [-0.2, 0) is 0 Å². The van der Waals surface area contributed by atoms with E-state index >= 15 is 0 Å². The van der Waals surface area contributed by atoms with E-state index < -0.39 is 5.91 Å². The van der Waals surface area contributed by atoms with Gasteiger partial charge in [0.25, 0.3) is 5.91 Å². The SMILES string of the molecule is Cc1nc2cc(-c3ccncc3)ccc2cc1C(=O)NO. The summed E-state index contributed by atoms with van der Waals surface area (Å²) in [4.78, 5) is 20.0. The van der Waals surface area contributed by atoms with E-state index in [2.05, 4.69) is 9.97 Å². The number of fused-ring (bicyclic) bond motifs is 1. The molecule has 5 nitrogen and oxygen atoms in total. The van der Waals surface area contributed by atoms with E-state index in [-0.39, 0.29) is 0 Å². The first kappa shape index (κ1) is 13.2. The highest BCUT2D eigenvalue weighted by Gasteiger charge is 2.11. The maximum Gasteiger partial charge on any atom is 0.276 e. The Balaban J connectivity index is 2.13. The van der Waals surface area contributed by atoms with Crippen molar-refractivity contribution in [2.75, 3.05) is 0 Å². The van der Waals surface area contributed by atoms with Crippen LogP contribution in [0.1, 0.15) is 16.1 Å². The van der Waals surface area contributed by atoms with Crippen molar-refractivity contribution in [1.82, 2.24) is 15.4 Å². The van der Waals surface area contributed by atoms with E-state index in [0.717, 1.165) is 22.0 Å². The van der Waals surface area contributed by atoms with E-state index in [0.29, 0.717) is 11.3 Å². The number of aryl methyl sites for hydroxylation is 1. The van der Waals surface area contributed by atoms with Crippen LogP contribution in [-0.4, -0.2) is 21.1 Å². The summed E-state index contributed by atoms with van der Waals surface area (Å²) >= 11 is 0. The molecule has 1 aromatic carbocycles. The summed E-state index contributed by atoms with van der Waals surface area (Å²) in [6, 6.07) is 11.4. The zero-order valence-corrected chi connectivity index (χ0v) is 11.4. The molecule has 0 aliphatic rings. The molecule has 104 valence electrons. The number of benzene rings is 1. The summed E-state index contributed by atoms with van der Waals surface area (Å²) in [6.07, 6.45) is 3.49. The van der Waals surface area contributed by atoms with Gasteiger partial charge in [0.15, 0.2) is 0 Å². The molecule has 3 rings (SSSR count). The molecule has 0 aliphatic carbocycles. The number of hydrogen-bond acceptors (Lipinski definition) is 4. The summed E-state index contributed by atoms with van der Waals surface area (Å²) in [6.45, 7) is 1.74. The molecule has 3 aromatic rings. The average Bonchev–Trinajstić information content (AvgIpc) is 2.53. The normalized spacial score (nSPS) is 10.6. The molecule has 2 heterocycles. The zero-order chi connectivity index (χ0) is 14.8. The van der Waals surface area contributed by atoms with Gasteiger partial charge in [0.05, 0.1) is 16.8 Å². The molecule has 0 bridgehead atoms. The Morgan fingerprint density at radius 3 is 2.57 bits per heavy atom. The van der Waals surface area contributed by atoms with Gasteiger partial charge in [0.2, 0.25) is 0 Å². The van der Waals surface area contributed by atoms with Gasteiger partial charge in [-0.3, -0.25) is 20.0 Å². The Labute approximate surface area is 121 Å². The third kappa shape index (κ3) is 2.46. The van der Waals surface area contributed by atoms with Gasteiger partial charge in [-0.25, -0.2) is 5.48 Å². The van der Waals surface area contributed by atoms with Crippen LogP contribution in [0.15, 0.2) is 48.8 Å². The molecular weight excluding hydrogens is 266 g/mol. The largest absolute Gasteiger partial charge is 0.288 e. The molecule has 1 amide bonds. The summed E-state index contributed by atoms with van der Waals surface area (Å²) in [5.74, 6) is -0.555. The predicted octanol–water partition coefficient (Wildman–Crippen LogP) is 2.72. The minimum atomic E-state index is -0.555. The Morgan fingerprint density at radius 1 is 1.10 bits per heavy atom. The molecule has 5 heteroatoms. The number of nitrogens with one attached hydrogen (secondary N) is 1. The van der Waals surface area contributed by atoms with Crippen LogP contribution < -0.4 is 5.48 Å². The van der Waals surface area contributed by atoms with Crippen molar-refractivity contribution >= 4 is 16.8 Å². The number of hydroxylamine groups is 1. The fraction of sp³-hybridized carbons (Fsp3) is 0.0625. The van der Waals surface area contributed by atoms with E-state index in [1.165, 1.54) is 0 Å². The first-order chi connectivity index (χ1) is 10.2. The van der Waals surface area contributed by atoms with Crippen LogP contribution in [0.3, 0.4) is 0 Å². The smallest absolute Gasteiger partial charge is 0.276 e. The monoisotopic (exact) mass is 279 g/mol. The maximum absolute atomic E-state index is 11.6. The molecule has 0 atom stereocenters. The van der Waals surface area contributed by atoms with Gasteiger partial charge in [-0.2, -0.15) is 0 Å². The summed E-state index contributed by atoms with van der Waals surface area (Å²) in [5.41, 5.74) is 5.47. The van der Waals surface area contributed by atoms with E-state index in [9.17, 15) is 4.79 Å². The number of hydrogen-bond donors (Lipinski definition) is 2. The van der Waals surface area contributed by atoms with Crippen molar-refractivity contribution in [3.8, 4) is 11.1 Å². The molecule has 0 spiro atoms. The van der Waals surface area contributed by atoms with Gasteiger partial charge in [-0.05, 0) is 42.3 Å². The first-order valence-electron chi connectivity index (χ1n) is 6.45. The highest BCUT2D eigenvalue weighted by atomic mass is 16.5. The minimum absolute atomic E-state index is 0.363. The first-order valence-corrected chi connectivity index (χ1v) is 6.45. The molecule has 0 aliphatic heterocycles. The lowest BCUT2D eigenvalue weighted by molar-refractivity contribution is 0.0705. The van der Waals surface area contributed by atoms with Crippen molar-refractivity contribution in [2.45, 2.75) is 6.92 Å². The highest BCUT2D eigenvalue weighted by molar-refractivity contribution is 5.98. The molecule has 0 unspecified atom stereocenters. The second kappa shape index (κ2) is 5.30. The van der Waals surface area contributed by atoms with E-state index in [4.69, 9.17) is 5.21 Å². The van der Waals surface area contributed by atoms with Gasteiger partial charge in [0.1, 0.15) is 0 Å². The number of rotatable bonds is 2. The summed E-state index contributed by atoms with van der Waals surface area (Å²) in [7, 11) is 0. The topological polar surface area (TPSA) is 75.1 Å². The lowest BCUT2D eigenvalue weighted by atomic mass is 10.0. The highest BCUT2D eigenvalue weighted by Crippen LogP contribution is 2.24. The van der Waals surface area contributed by atoms with E-state index in [1.807, 2.05) is 30.3 Å². The molecular formula is C16H13N3O2. The number of pyridine rings is 2. The average molecular weight is 279 g/mol. The second-order valence-electron chi connectivity index (χ2n) is 4.71. The van der Waals surface area contributed by atoms with Gasteiger partial charge >= 0.3 is 0 Å². The van der Waals surface area contributed by atoms with Gasteiger partial charge in [-0.15, -0.1) is 0 Å². The predicted molar refractivity (Wildman–Crippen MR) is 79.0 cm³/mol. The number of carbonyl (C=O) groups excluding carboxylic acids is 1. The molecule has 0 saturated heterocycles. The molecule has 0 radical (unpaired) electrons. The van der Waals surface area contributed by atoms with Crippen LogP contribution in [0.25, 0.3) is 22.0 Å². The fourth-order valence-corrected chi connectivity index (χ4v) is 2.28. The molecule has 0 saturated carbocycles. The number of aromatic nitrogens is 2. The maximum atomic E-state index is 11.6. The fourth-order valence-electron chi connectivity index (χ4n) is 2.28. The van der Waals surface area contributed by atoms with Crippen LogP contribution in [0, 0.1) is 6.92 Å². The van der Waals surface area contributed by atoms with Crippen LogP contribution >= 0.6 is 0 Å². The number of amides is 1. The lowest BCUT2D eigenvalue weighted by Crippen LogP contribution is -2.20.